The molecule has 2 rings (SSSR count). The minimum atomic E-state index is -0.558. The average Bonchev–Trinajstić information content (AvgIpc) is 2.65. The van der Waals surface area contributed by atoms with Crippen LogP contribution in [0.3, 0.4) is 0 Å². The summed E-state index contributed by atoms with van der Waals surface area (Å²) < 4.78 is 0. The van der Waals surface area contributed by atoms with E-state index < -0.39 is 6.04 Å². The zero-order valence-corrected chi connectivity index (χ0v) is 18.4. The molecule has 0 saturated carbocycles. The third-order valence-electron chi connectivity index (χ3n) is 4.71. The zero-order valence-electron chi connectivity index (χ0n) is 18.4. The molecule has 0 fully saturated rings. The summed E-state index contributed by atoms with van der Waals surface area (Å²) in [5.74, 6) is -0.101. The second-order valence-electron chi connectivity index (χ2n) is 8.70. The molecule has 0 heterocycles. The van der Waals surface area contributed by atoms with E-state index in [1.54, 1.807) is 4.90 Å². The van der Waals surface area contributed by atoms with Crippen molar-refractivity contribution in [1.82, 2.24) is 10.2 Å². The molecule has 0 unspecified atom stereocenters. The van der Waals surface area contributed by atoms with Crippen molar-refractivity contribution in [3.63, 3.8) is 0 Å². The van der Waals surface area contributed by atoms with E-state index in [2.05, 4.69) is 5.32 Å². The van der Waals surface area contributed by atoms with Crippen molar-refractivity contribution in [3.05, 3.63) is 71.3 Å². The first-order valence-corrected chi connectivity index (χ1v) is 10.4. The molecule has 0 aromatic heterocycles. The van der Waals surface area contributed by atoms with Crippen LogP contribution >= 0.6 is 0 Å². The summed E-state index contributed by atoms with van der Waals surface area (Å²) >= 11 is 0. The highest BCUT2D eigenvalue weighted by molar-refractivity contribution is 5.88. The van der Waals surface area contributed by atoms with Gasteiger partial charge < -0.3 is 10.2 Å². The van der Waals surface area contributed by atoms with Crippen LogP contribution < -0.4 is 5.32 Å². The Morgan fingerprint density at radius 2 is 1.59 bits per heavy atom. The lowest BCUT2D eigenvalue weighted by atomic mass is 10.00. The Morgan fingerprint density at radius 3 is 2.14 bits per heavy atom. The summed E-state index contributed by atoms with van der Waals surface area (Å²) in [5, 5.41) is 3.08. The minimum absolute atomic E-state index is 0.0121. The molecular weight excluding hydrogens is 360 g/mol. The highest BCUT2D eigenvalue weighted by atomic mass is 16.2. The van der Waals surface area contributed by atoms with Gasteiger partial charge in [-0.15, -0.1) is 0 Å². The number of nitrogens with zero attached hydrogens (tertiary/aromatic N) is 1. The van der Waals surface area contributed by atoms with Crippen molar-refractivity contribution in [2.24, 2.45) is 0 Å². The van der Waals surface area contributed by atoms with Crippen LogP contribution in [0, 0.1) is 6.92 Å². The average molecular weight is 395 g/mol. The Balaban J connectivity index is 2.38. The number of rotatable bonds is 8. The van der Waals surface area contributed by atoms with Crippen LogP contribution in [0.2, 0.25) is 0 Å². The highest BCUT2D eigenvalue weighted by Gasteiger charge is 2.31. The number of aryl methyl sites for hydroxylation is 1. The molecular formula is C25H34N2O2. The lowest BCUT2D eigenvalue weighted by Crippen LogP contribution is -2.54. The van der Waals surface area contributed by atoms with Crippen molar-refractivity contribution in [2.45, 2.75) is 72.0 Å². The number of benzene rings is 2. The molecule has 0 bridgehead atoms. The predicted octanol–water partition coefficient (Wildman–Crippen LogP) is 4.65. The fraction of sp³-hybridized carbons (Fsp3) is 0.440. The van der Waals surface area contributed by atoms with Crippen molar-refractivity contribution in [3.8, 4) is 0 Å². The molecule has 156 valence electrons. The summed E-state index contributed by atoms with van der Waals surface area (Å²) in [6.07, 6.45) is 1.67. The quantitative estimate of drug-likeness (QED) is 0.708. The van der Waals surface area contributed by atoms with Gasteiger partial charge in [-0.3, -0.25) is 9.59 Å². The molecule has 29 heavy (non-hydrogen) atoms. The molecule has 4 heteroatoms. The van der Waals surface area contributed by atoms with Gasteiger partial charge in [0.1, 0.15) is 6.04 Å². The van der Waals surface area contributed by atoms with Crippen LogP contribution in [-0.4, -0.2) is 28.3 Å². The number of carbonyl (C=O) groups excluding carboxylic acids is 2. The molecule has 1 atom stereocenters. The molecule has 0 aliphatic carbocycles. The van der Waals surface area contributed by atoms with E-state index in [-0.39, 0.29) is 17.4 Å². The van der Waals surface area contributed by atoms with Gasteiger partial charge in [0, 0.05) is 24.9 Å². The van der Waals surface area contributed by atoms with E-state index in [0.29, 0.717) is 19.4 Å². The van der Waals surface area contributed by atoms with E-state index >= 15 is 0 Å². The zero-order chi connectivity index (χ0) is 21.4. The lowest BCUT2D eigenvalue weighted by molar-refractivity contribution is -0.142. The van der Waals surface area contributed by atoms with E-state index in [0.717, 1.165) is 17.5 Å². The topological polar surface area (TPSA) is 49.4 Å². The molecule has 0 aliphatic heterocycles. The maximum Gasteiger partial charge on any atom is 0.243 e. The minimum Gasteiger partial charge on any atom is -0.350 e. The summed E-state index contributed by atoms with van der Waals surface area (Å²) in [5.41, 5.74) is 2.88. The maximum atomic E-state index is 13.3. The van der Waals surface area contributed by atoms with Gasteiger partial charge in [-0.25, -0.2) is 0 Å². The fourth-order valence-corrected chi connectivity index (χ4v) is 3.25. The summed E-state index contributed by atoms with van der Waals surface area (Å²) in [4.78, 5) is 28.1. The number of nitrogens with one attached hydrogen (secondary N) is 1. The van der Waals surface area contributed by atoms with Crippen molar-refractivity contribution in [1.29, 1.82) is 0 Å². The summed E-state index contributed by atoms with van der Waals surface area (Å²) in [7, 11) is 0. The molecule has 2 aromatic rings. The molecule has 0 aliphatic rings. The SMILES string of the molecule is CCCC(=O)N(Cc1ccc(C)cc1)[C@H](Cc1ccccc1)C(=O)NC(C)(C)C. The second-order valence-corrected chi connectivity index (χ2v) is 8.70. The van der Waals surface area contributed by atoms with Gasteiger partial charge in [-0.05, 0) is 45.2 Å². The third-order valence-corrected chi connectivity index (χ3v) is 4.71. The van der Waals surface area contributed by atoms with Crippen LogP contribution in [0.1, 0.15) is 57.2 Å². The fourth-order valence-electron chi connectivity index (χ4n) is 3.25. The molecule has 0 saturated heterocycles. The lowest BCUT2D eigenvalue weighted by Gasteiger charge is -2.34. The van der Waals surface area contributed by atoms with Gasteiger partial charge in [-0.1, -0.05) is 67.1 Å². The van der Waals surface area contributed by atoms with Crippen LogP contribution in [0.25, 0.3) is 0 Å². The van der Waals surface area contributed by atoms with Gasteiger partial charge in [0.2, 0.25) is 11.8 Å². The first-order chi connectivity index (χ1) is 13.7. The van der Waals surface area contributed by atoms with Crippen molar-refractivity contribution >= 4 is 11.8 Å². The summed E-state index contributed by atoms with van der Waals surface area (Å²) in [6.45, 7) is 10.3. The largest absolute Gasteiger partial charge is 0.350 e. The van der Waals surface area contributed by atoms with Gasteiger partial charge in [-0.2, -0.15) is 0 Å². The predicted molar refractivity (Wildman–Crippen MR) is 118 cm³/mol. The monoisotopic (exact) mass is 394 g/mol. The number of hydrogen-bond donors (Lipinski definition) is 1. The molecule has 0 radical (unpaired) electrons. The molecule has 0 spiro atoms. The van der Waals surface area contributed by atoms with Gasteiger partial charge in [0.05, 0.1) is 0 Å². The van der Waals surface area contributed by atoms with Crippen LogP contribution in [0.4, 0.5) is 0 Å². The highest BCUT2D eigenvalue weighted by Crippen LogP contribution is 2.17. The van der Waals surface area contributed by atoms with Gasteiger partial charge >= 0.3 is 0 Å². The number of amides is 2. The van der Waals surface area contributed by atoms with Gasteiger partial charge in [0.25, 0.3) is 0 Å². The van der Waals surface area contributed by atoms with Crippen molar-refractivity contribution < 1.29 is 9.59 Å². The van der Waals surface area contributed by atoms with Gasteiger partial charge in [0.15, 0.2) is 0 Å². The molecule has 2 aromatic carbocycles. The Bertz CT molecular complexity index is 792. The van der Waals surface area contributed by atoms with Crippen LogP contribution in [0.5, 0.6) is 0 Å². The van der Waals surface area contributed by atoms with Crippen molar-refractivity contribution in [2.75, 3.05) is 0 Å². The van der Waals surface area contributed by atoms with Crippen LogP contribution in [0.15, 0.2) is 54.6 Å². The second kappa shape index (κ2) is 10.2. The standard InChI is InChI=1S/C25H34N2O2/c1-6-10-23(28)27(18-21-15-13-19(2)14-16-21)22(24(29)26-25(3,4)5)17-20-11-8-7-9-12-20/h7-9,11-16,22H,6,10,17-18H2,1-5H3,(H,26,29)/t22-/m1/s1. The van der Waals surface area contributed by atoms with E-state index in [1.165, 1.54) is 5.56 Å². The van der Waals surface area contributed by atoms with E-state index in [9.17, 15) is 9.59 Å². The Morgan fingerprint density at radius 1 is 0.966 bits per heavy atom. The third kappa shape index (κ3) is 7.37. The Hall–Kier alpha value is -2.62. The van der Waals surface area contributed by atoms with E-state index in [1.807, 2.05) is 89.2 Å². The van der Waals surface area contributed by atoms with Crippen LogP contribution in [-0.2, 0) is 22.6 Å². The number of carbonyl (C=O) groups is 2. The number of hydrogen-bond acceptors (Lipinski definition) is 2. The first-order valence-electron chi connectivity index (χ1n) is 10.4. The Kier molecular flexibility index (Phi) is 8.00. The first kappa shape index (κ1) is 22.7. The molecule has 1 N–H and O–H groups in total. The normalized spacial score (nSPS) is 12.3. The van der Waals surface area contributed by atoms with E-state index in [4.69, 9.17) is 0 Å². The summed E-state index contributed by atoms with van der Waals surface area (Å²) in [6, 6.07) is 17.5. The molecule has 2 amide bonds. The smallest absolute Gasteiger partial charge is 0.243 e. The Labute approximate surface area is 175 Å². The maximum absolute atomic E-state index is 13.3. The molecule has 4 nitrogen and oxygen atoms in total.